The number of rotatable bonds is 6. The Morgan fingerprint density at radius 1 is 0.745 bits per heavy atom. The van der Waals surface area contributed by atoms with Crippen LogP contribution in [0.25, 0.3) is 21.5 Å². The van der Waals surface area contributed by atoms with Crippen LogP contribution in [0.15, 0.2) is 66.9 Å². The molecule has 0 N–H and O–H groups in total. The third kappa shape index (κ3) is 5.30. The van der Waals surface area contributed by atoms with Crippen molar-refractivity contribution in [2.45, 2.75) is 25.7 Å². The van der Waals surface area contributed by atoms with Crippen molar-refractivity contribution in [2.75, 3.05) is 34.6 Å². The number of esters is 2. The van der Waals surface area contributed by atoms with Gasteiger partial charge in [0.2, 0.25) is 0 Å². The predicted molar refractivity (Wildman–Crippen MR) is 183 cm³/mol. The molecule has 0 saturated heterocycles. The SMILES string of the molecule is CC(=O)Oc1cc2c(c3ccccc13)C(CCl)CN2C(=O)c1cnc(C(=O)N2CC(CCl)c3c2cc(OC(C)=O)c2ccccc32)s1. The Labute approximate surface area is 283 Å². The van der Waals surface area contributed by atoms with Crippen LogP contribution in [0.1, 0.15) is 56.3 Å². The minimum absolute atomic E-state index is 0.129. The second kappa shape index (κ2) is 12.3. The Bertz CT molecular complexity index is 1980. The molecule has 7 rings (SSSR count). The molecule has 3 heterocycles. The summed E-state index contributed by atoms with van der Waals surface area (Å²) in [4.78, 5) is 59.8. The second-order valence-electron chi connectivity index (χ2n) is 11.5. The van der Waals surface area contributed by atoms with E-state index in [4.69, 9.17) is 32.7 Å². The van der Waals surface area contributed by atoms with Gasteiger partial charge in [-0.25, -0.2) is 4.98 Å². The number of thiazole rings is 1. The summed E-state index contributed by atoms with van der Waals surface area (Å²) in [5.74, 6) is -0.763. The van der Waals surface area contributed by atoms with E-state index in [1.54, 1.807) is 21.9 Å². The number of benzene rings is 4. The van der Waals surface area contributed by atoms with Gasteiger partial charge in [0.15, 0.2) is 5.01 Å². The smallest absolute Gasteiger partial charge is 0.308 e. The number of carbonyl (C=O) groups is 4. The molecule has 0 aliphatic carbocycles. The summed E-state index contributed by atoms with van der Waals surface area (Å²) < 4.78 is 11.1. The second-order valence-corrected chi connectivity index (χ2v) is 13.1. The minimum atomic E-state index is -0.476. The fraction of sp³-hybridized carbons (Fsp3) is 0.229. The van der Waals surface area contributed by atoms with Gasteiger partial charge in [-0.2, -0.15) is 0 Å². The molecule has 2 atom stereocenters. The van der Waals surface area contributed by atoms with Gasteiger partial charge in [0.1, 0.15) is 16.4 Å². The third-order valence-corrected chi connectivity index (χ3v) is 10.2. The highest BCUT2D eigenvalue weighted by Gasteiger charge is 2.38. The van der Waals surface area contributed by atoms with Crippen molar-refractivity contribution >= 4 is 91.2 Å². The number of halogens is 2. The molecule has 1 aromatic heterocycles. The Hall–Kier alpha value is -4.51. The van der Waals surface area contributed by atoms with E-state index in [2.05, 4.69) is 4.98 Å². The normalized spacial score (nSPS) is 16.8. The third-order valence-electron chi connectivity index (χ3n) is 8.53. The lowest BCUT2D eigenvalue weighted by atomic mass is 9.95. The van der Waals surface area contributed by atoms with Gasteiger partial charge in [-0.1, -0.05) is 48.5 Å². The maximum absolute atomic E-state index is 14.0. The number of ether oxygens (including phenoxy) is 2. The topological polar surface area (TPSA) is 106 Å². The van der Waals surface area contributed by atoms with E-state index < -0.39 is 17.8 Å². The van der Waals surface area contributed by atoms with Crippen LogP contribution in [0.5, 0.6) is 11.5 Å². The van der Waals surface area contributed by atoms with Crippen LogP contribution in [0.4, 0.5) is 11.4 Å². The van der Waals surface area contributed by atoms with Crippen molar-refractivity contribution in [3.05, 3.63) is 87.9 Å². The van der Waals surface area contributed by atoms with Gasteiger partial charge < -0.3 is 19.3 Å². The summed E-state index contributed by atoms with van der Waals surface area (Å²) in [6.07, 6.45) is 1.41. The van der Waals surface area contributed by atoms with Crippen LogP contribution in [-0.2, 0) is 9.59 Å². The first kappa shape index (κ1) is 31.1. The highest BCUT2D eigenvalue weighted by Crippen LogP contribution is 2.48. The average molecular weight is 689 g/mol. The van der Waals surface area contributed by atoms with Gasteiger partial charge in [0, 0.05) is 73.4 Å². The number of nitrogens with zero attached hydrogens (tertiary/aromatic N) is 3. The van der Waals surface area contributed by atoms with E-state index >= 15 is 0 Å². The standard InChI is InChI=1S/C35H27Cl2N3O6S/c1-18(41)45-28-11-26-31(24-9-5-3-7-22(24)28)20(13-36)16-39(26)34(43)30-15-38-33(47-30)35(44)40-17-21(14-37)32-25-10-6-4-8-23(25)29(12-27(32)40)46-19(2)42/h3-12,15,20-21H,13-14,16-17H2,1-2H3. The van der Waals surface area contributed by atoms with Crippen LogP contribution < -0.4 is 19.3 Å². The highest BCUT2D eigenvalue weighted by atomic mass is 35.5. The number of hydrogen-bond donors (Lipinski definition) is 0. The Morgan fingerprint density at radius 3 is 1.64 bits per heavy atom. The number of alkyl halides is 2. The molecule has 4 aromatic carbocycles. The number of fused-ring (bicyclic) bond motifs is 6. The summed E-state index contributed by atoms with van der Waals surface area (Å²) >= 11 is 13.8. The zero-order chi connectivity index (χ0) is 33.0. The zero-order valence-electron chi connectivity index (χ0n) is 25.3. The minimum Gasteiger partial charge on any atom is -0.426 e. The number of anilines is 2. The van der Waals surface area contributed by atoms with Crippen molar-refractivity contribution in [3.8, 4) is 11.5 Å². The van der Waals surface area contributed by atoms with Gasteiger partial charge in [-0.15, -0.1) is 34.5 Å². The quantitative estimate of drug-likeness (QED) is 0.105. The number of amides is 2. The first-order chi connectivity index (χ1) is 22.7. The van der Waals surface area contributed by atoms with Crippen molar-refractivity contribution in [1.82, 2.24) is 4.98 Å². The molecule has 2 amide bonds. The molecule has 0 spiro atoms. The molecule has 12 heteroatoms. The van der Waals surface area contributed by atoms with Gasteiger partial charge in [0.25, 0.3) is 11.8 Å². The Balaban J connectivity index is 1.24. The van der Waals surface area contributed by atoms with Gasteiger partial charge in [0.05, 0.1) is 17.6 Å². The molecule has 0 fully saturated rings. The van der Waals surface area contributed by atoms with Gasteiger partial charge in [-0.3, -0.25) is 19.2 Å². The van der Waals surface area contributed by atoms with Crippen LogP contribution in [0.2, 0.25) is 0 Å². The Morgan fingerprint density at radius 2 is 1.19 bits per heavy atom. The van der Waals surface area contributed by atoms with Gasteiger partial charge >= 0.3 is 11.9 Å². The van der Waals surface area contributed by atoms with E-state index in [0.29, 0.717) is 36.0 Å². The summed E-state index contributed by atoms with van der Waals surface area (Å²) in [5.41, 5.74) is 2.98. The van der Waals surface area contributed by atoms with Crippen LogP contribution in [0, 0.1) is 0 Å². The molecule has 2 unspecified atom stereocenters. The number of carbonyl (C=O) groups excluding carboxylic acids is 4. The molecule has 9 nitrogen and oxygen atoms in total. The zero-order valence-corrected chi connectivity index (χ0v) is 27.6. The van der Waals surface area contributed by atoms with Crippen LogP contribution >= 0.6 is 34.5 Å². The summed E-state index contributed by atoms with van der Waals surface area (Å²) in [7, 11) is 0. The lowest BCUT2D eigenvalue weighted by molar-refractivity contribution is -0.132. The van der Waals surface area contributed by atoms with Crippen molar-refractivity contribution in [1.29, 1.82) is 0 Å². The van der Waals surface area contributed by atoms with Crippen molar-refractivity contribution in [3.63, 3.8) is 0 Å². The van der Waals surface area contributed by atoms with Crippen molar-refractivity contribution < 1.29 is 28.7 Å². The van der Waals surface area contributed by atoms with Crippen molar-refractivity contribution in [2.24, 2.45) is 0 Å². The van der Waals surface area contributed by atoms with Gasteiger partial charge in [-0.05, 0) is 21.9 Å². The van der Waals surface area contributed by atoms with Crippen LogP contribution in [-0.4, -0.2) is 53.6 Å². The van der Waals surface area contributed by atoms with E-state index in [9.17, 15) is 19.2 Å². The maximum atomic E-state index is 14.0. The number of hydrogen-bond acceptors (Lipinski definition) is 8. The molecule has 2 aliphatic rings. The fourth-order valence-electron chi connectivity index (χ4n) is 6.66. The molecular formula is C35H27Cl2N3O6S. The molecule has 2 aliphatic heterocycles. The average Bonchev–Trinajstić information content (AvgIpc) is 3.80. The summed E-state index contributed by atoms with van der Waals surface area (Å²) in [6, 6.07) is 18.5. The first-order valence-corrected chi connectivity index (χ1v) is 16.8. The summed E-state index contributed by atoms with van der Waals surface area (Å²) in [6.45, 7) is 3.27. The van der Waals surface area contributed by atoms with E-state index in [1.165, 1.54) is 20.0 Å². The molecule has 0 saturated carbocycles. The maximum Gasteiger partial charge on any atom is 0.308 e. The molecule has 47 heavy (non-hydrogen) atoms. The monoisotopic (exact) mass is 687 g/mol. The van der Waals surface area contributed by atoms with E-state index in [-0.39, 0.29) is 39.4 Å². The molecule has 5 aromatic rings. The van der Waals surface area contributed by atoms with E-state index in [0.717, 1.165) is 44.0 Å². The first-order valence-electron chi connectivity index (χ1n) is 14.9. The van der Waals surface area contributed by atoms with Crippen LogP contribution in [0.3, 0.4) is 0 Å². The molecule has 0 bridgehead atoms. The lowest BCUT2D eigenvalue weighted by Gasteiger charge is -2.18. The predicted octanol–water partition coefficient (Wildman–Crippen LogP) is 7.27. The molecule has 238 valence electrons. The lowest BCUT2D eigenvalue weighted by Crippen LogP contribution is -2.30. The largest absolute Gasteiger partial charge is 0.426 e. The highest BCUT2D eigenvalue weighted by molar-refractivity contribution is 7.15. The molecule has 0 radical (unpaired) electrons. The fourth-order valence-corrected chi connectivity index (χ4v) is 7.98. The Kier molecular flexibility index (Phi) is 8.11. The summed E-state index contributed by atoms with van der Waals surface area (Å²) in [5, 5.41) is 3.33. The number of aromatic nitrogens is 1. The molecular weight excluding hydrogens is 661 g/mol. The van der Waals surface area contributed by atoms with E-state index in [1.807, 2.05) is 48.5 Å².